The van der Waals surface area contributed by atoms with Gasteiger partial charge in [0.2, 0.25) is 5.91 Å². The van der Waals surface area contributed by atoms with E-state index in [1.807, 2.05) is 19.1 Å². The zero-order valence-corrected chi connectivity index (χ0v) is 12.3. The maximum Gasteiger partial charge on any atom is 0.307 e. The van der Waals surface area contributed by atoms with Crippen LogP contribution >= 0.6 is 0 Å². The van der Waals surface area contributed by atoms with Crippen LogP contribution < -0.4 is 5.32 Å². The van der Waals surface area contributed by atoms with Crippen LogP contribution in [0, 0.1) is 23.7 Å². The Labute approximate surface area is 120 Å². The van der Waals surface area contributed by atoms with E-state index in [-0.39, 0.29) is 29.7 Å². The molecule has 0 aromatic heterocycles. The molecule has 0 aliphatic heterocycles. The summed E-state index contributed by atoms with van der Waals surface area (Å²) in [5.74, 6) is -1.66. The summed E-state index contributed by atoms with van der Waals surface area (Å²) in [7, 11) is 0. The lowest BCUT2D eigenvalue weighted by Crippen LogP contribution is -2.43. The summed E-state index contributed by atoms with van der Waals surface area (Å²) in [6.07, 6.45) is 9.23. The molecule has 2 aliphatic rings. The van der Waals surface area contributed by atoms with Gasteiger partial charge in [0, 0.05) is 6.04 Å². The molecule has 1 saturated carbocycles. The van der Waals surface area contributed by atoms with Gasteiger partial charge < -0.3 is 10.4 Å². The van der Waals surface area contributed by atoms with E-state index in [9.17, 15) is 14.7 Å². The first-order valence-corrected chi connectivity index (χ1v) is 7.76. The fraction of sp³-hybridized carbons (Fsp3) is 0.750. The van der Waals surface area contributed by atoms with Crippen molar-refractivity contribution in [2.45, 2.75) is 52.0 Å². The first kappa shape index (κ1) is 15.1. The number of carbonyl (C=O) groups excluding carboxylic acids is 1. The lowest BCUT2D eigenvalue weighted by Gasteiger charge is -2.25. The molecule has 1 amide bonds. The molecule has 0 aromatic rings. The van der Waals surface area contributed by atoms with Gasteiger partial charge in [-0.3, -0.25) is 9.59 Å². The highest BCUT2D eigenvalue weighted by molar-refractivity contribution is 5.87. The largest absolute Gasteiger partial charge is 0.481 e. The summed E-state index contributed by atoms with van der Waals surface area (Å²) < 4.78 is 0. The molecule has 2 rings (SSSR count). The van der Waals surface area contributed by atoms with Gasteiger partial charge >= 0.3 is 5.97 Å². The molecule has 0 spiro atoms. The van der Waals surface area contributed by atoms with E-state index in [0.29, 0.717) is 0 Å². The third-order valence-corrected chi connectivity index (χ3v) is 4.68. The fourth-order valence-electron chi connectivity index (χ4n) is 3.63. The highest BCUT2D eigenvalue weighted by Crippen LogP contribution is 2.48. The number of amides is 1. The van der Waals surface area contributed by atoms with E-state index in [1.54, 1.807) is 0 Å². The van der Waals surface area contributed by atoms with Crippen molar-refractivity contribution in [2.24, 2.45) is 23.7 Å². The molecule has 0 aromatic carbocycles. The number of rotatable bonds is 7. The van der Waals surface area contributed by atoms with Crippen molar-refractivity contribution in [3.8, 4) is 0 Å². The Hall–Kier alpha value is -1.32. The number of nitrogens with one attached hydrogen (secondary N) is 1. The van der Waals surface area contributed by atoms with Crippen molar-refractivity contribution in [1.29, 1.82) is 0 Å². The molecule has 0 radical (unpaired) electrons. The minimum atomic E-state index is -0.833. The van der Waals surface area contributed by atoms with Crippen molar-refractivity contribution in [3.63, 3.8) is 0 Å². The molecular weight excluding hydrogens is 254 g/mol. The number of hydrogen-bond donors (Lipinski definition) is 2. The van der Waals surface area contributed by atoms with Crippen LogP contribution in [-0.2, 0) is 9.59 Å². The van der Waals surface area contributed by atoms with Crippen molar-refractivity contribution in [3.05, 3.63) is 12.2 Å². The Balaban J connectivity index is 1.91. The molecule has 4 nitrogen and oxygen atoms in total. The number of aliphatic carboxylic acids is 1. The van der Waals surface area contributed by atoms with Crippen LogP contribution in [0.4, 0.5) is 0 Å². The Morgan fingerprint density at radius 1 is 1.25 bits per heavy atom. The van der Waals surface area contributed by atoms with E-state index in [2.05, 4.69) is 12.2 Å². The van der Waals surface area contributed by atoms with Crippen molar-refractivity contribution < 1.29 is 14.7 Å². The number of unbranched alkanes of at least 4 members (excludes halogenated alkanes) is 2. The normalized spacial score (nSPS) is 32.3. The number of carboxylic acid groups (broad SMARTS) is 1. The van der Waals surface area contributed by atoms with E-state index in [1.165, 1.54) is 12.8 Å². The van der Waals surface area contributed by atoms with Gasteiger partial charge in [0.1, 0.15) is 0 Å². The van der Waals surface area contributed by atoms with Gasteiger partial charge in [-0.1, -0.05) is 38.3 Å². The summed E-state index contributed by atoms with van der Waals surface area (Å²) in [5, 5.41) is 12.4. The second-order valence-electron chi connectivity index (χ2n) is 6.24. The number of hydrogen-bond acceptors (Lipinski definition) is 2. The lowest BCUT2D eigenvalue weighted by atomic mass is 9.82. The lowest BCUT2D eigenvalue weighted by molar-refractivity contribution is -0.148. The molecule has 2 aliphatic carbocycles. The second-order valence-corrected chi connectivity index (χ2v) is 6.24. The first-order valence-electron chi connectivity index (χ1n) is 7.76. The van der Waals surface area contributed by atoms with E-state index in [4.69, 9.17) is 0 Å². The van der Waals surface area contributed by atoms with Crippen molar-refractivity contribution in [2.75, 3.05) is 0 Å². The maximum atomic E-state index is 12.4. The molecule has 112 valence electrons. The van der Waals surface area contributed by atoms with E-state index in [0.717, 1.165) is 19.3 Å². The van der Waals surface area contributed by atoms with Gasteiger partial charge in [-0.15, -0.1) is 0 Å². The van der Waals surface area contributed by atoms with Crippen LogP contribution in [0.2, 0.25) is 0 Å². The zero-order valence-electron chi connectivity index (χ0n) is 12.3. The first-order chi connectivity index (χ1) is 9.54. The van der Waals surface area contributed by atoms with Crippen molar-refractivity contribution >= 4 is 11.9 Å². The fourth-order valence-corrected chi connectivity index (χ4v) is 3.63. The van der Waals surface area contributed by atoms with Crippen LogP contribution in [0.25, 0.3) is 0 Å². The Morgan fingerprint density at radius 3 is 2.50 bits per heavy atom. The molecular formula is C16H25NO3. The molecule has 0 saturated heterocycles. The van der Waals surface area contributed by atoms with Crippen LogP contribution in [0.3, 0.4) is 0 Å². The molecule has 5 atom stereocenters. The Kier molecular flexibility index (Phi) is 4.84. The molecule has 2 N–H and O–H groups in total. The predicted octanol–water partition coefficient (Wildman–Crippen LogP) is 2.59. The molecule has 0 heterocycles. The van der Waals surface area contributed by atoms with Crippen LogP contribution in [0.5, 0.6) is 0 Å². The summed E-state index contributed by atoms with van der Waals surface area (Å²) in [5.41, 5.74) is 0. The summed E-state index contributed by atoms with van der Waals surface area (Å²) in [6.45, 7) is 4.16. The predicted molar refractivity (Wildman–Crippen MR) is 77.1 cm³/mol. The smallest absolute Gasteiger partial charge is 0.307 e. The number of carbonyl (C=O) groups is 2. The van der Waals surface area contributed by atoms with Crippen molar-refractivity contribution in [1.82, 2.24) is 5.32 Å². The van der Waals surface area contributed by atoms with Crippen LogP contribution in [0.1, 0.15) is 46.0 Å². The average molecular weight is 279 g/mol. The molecule has 3 unspecified atom stereocenters. The Morgan fingerprint density at radius 2 is 1.90 bits per heavy atom. The van der Waals surface area contributed by atoms with Gasteiger partial charge in [0.25, 0.3) is 0 Å². The maximum absolute atomic E-state index is 12.4. The number of allylic oxidation sites excluding steroid dienone is 2. The van der Waals surface area contributed by atoms with Gasteiger partial charge in [0.05, 0.1) is 11.8 Å². The minimum absolute atomic E-state index is 0.0450. The van der Waals surface area contributed by atoms with Crippen LogP contribution in [-0.4, -0.2) is 23.0 Å². The summed E-state index contributed by atoms with van der Waals surface area (Å²) in [6, 6.07) is 0.131. The van der Waals surface area contributed by atoms with Gasteiger partial charge in [-0.25, -0.2) is 0 Å². The highest BCUT2D eigenvalue weighted by Gasteiger charge is 2.51. The molecule has 20 heavy (non-hydrogen) atoms. The van der Waals surface area contributed by atoms with Gasteiger partial charge in [-0.05, 0) is 31.6 Å². The second kappa shape index (κ2) is 6.42. The molecule has 1 fully saturated rings. The van der Waals surface area contributed by atoms with E-state index < -0.39 is 11.9 Å². The topological polar surface area (TPSA) is 66.4 Å². The average Bonchev–Trinajstić information content (AvgIpc) is 2.98. The standard InChI is InChI=1S/C16H25NO3/c1-3-4-5-6-10(2)17-15(18)13-11-7-8-12(9-11)14(13)16(19)20/h7-8,10-14H,3-6,9H2,1-2H3,(H,17,18)(H,19,20)/t10?,11?,12?,13-,14+/m0/s1. The minimum Gasteiger partial charge on any atom is -0.481 e. The highest BCUT2D eigenvalue weighted by atomic mass is 16.4. The summed E-state index contributed by atoms with van der Waals surface area (Å²) in [4.78, 5) is 23.8. The third kappa shape index (κ3) is 3.05. The molecule has 4 heteroatoms. The number of fused-ring (bicyclic) bond motifs is 2. The zero-order chi connectivity index (χ0) is 14.7. The SMILES string of the molecule is CCCCCC(C)NC(=O)[C@H]1C2C=CC(C2)[C@H]1C(=O)O. The third-order valence-electron chi connectivity index (χ3n) is 4.68. The Bertz CT molecular complexity index is 405. The monoisotopic (exact) mass is 279 g/mol. The van der Waals surface area contributed by atoms with Gasteiger partial charge in [0.15, 0.2) is 0 Å². The molecule has 2 bridgehead atoms. The van der Waals surface area contributed by atoms with Crippen LogP contribution in [0.15, 0.2) is 12.2 Å². The van der Waals surface area contributed by atoms with E-state index >= 15 is 0 Å². The summed E-state index contributed by atoms with van der Waals surface area (Å²) >= 11 is 0. The number of carboxylic acids is 1. The van der Waals surface area contributed by atoms with Gasteiger partial charge in [-0.2, -0.15) is 0 Å². The quantitative estimate of drug-likeness (QED) is 0.556.